The molecule has 31 heavy (non-hydrogen) atoms. The lowest BCUT2D eigenvalue weighted by atomic mass is 10.1. The van der Waals surface area contributed by atoms with Crippen LogP contribution in [0.15, 0.2) is 54.7 Å². The fourth-order valence-corrected chi connectivity index (χ4v) is 3.43. The number of carbonyl (C=O) groups is 1. The van der Waals surface area contributed by atoms with Crippen molar-refractivity contribution in [2.24, 2.45) is 0 Å². The molecule has 3 rings (SSSR count). The van der Waals surface area contributed by atoms with Crippen LogP contribution in [0.3, 0.4) is 0 Å². The molecular formula is C20H15ClF3N3O3S. The highest BCUT2D eigenvalue weighted by Crippen LogP contribution is 2.32. The molecule has 1 heterocycles. The normalized spacial score (nSPS) is 11.9. The molecule has 0 aliphatic heterocycles. The molecule has 0 spiro atoms. The zero-order valence-electron chi connectivity index (χ0n) is 15.8. The number of alkyl halides is 3. The van der Waals surface area contributed by atoms with Crippen LogP contribution in [0, 0.1) is 6.92 Å². The van der Waals surface area contributed by atoms with E-state index in [-0.39, 0.29) is 11.3 Å². The van der Waals surface area contributed by atoms with Gasteiger partial charge in [0.25, 0.3) is 5.91 Å². The highest BCUT2D eigenvalue weighted by molar-refractivity contribution is 7.11. The number of aryl methyl sites for hydroxylation is 1. The van der Waals surface area contributed by atoms with E-state index in [1.165, 1.54) is 24.3 Å². The van der Waals surface area contributed by atoms with Gasteiger partial charge in [0.1, 0.15) is 16.5 Å². The second-order valence-corrected chi connectivity index (χ2v) is 7.35. The van der Waals surface area contributed by atoms with Crippen molar-refractivity contribution in [1.29, 1.82) is 0 Å². The predicted molar refractivity (Wildman–Crippen MR) is 111 cm³/mol. The van der Waals surface area contributed by atoms with Crippen molar-refractivity contribution in [3.05, 3.63) is 76.6 Å². The summed E-state index contributed by atoms with van der Waals surface area (Å²) in [6.07, 6.45) is -3.32. The van der Waals surface area contributed by atoms with Gasteiger partial charge in [-0.1, -0.05) is 23.7 Å². The molecule has 0 bridgehead atoms. The van der Waals surface area contributed by atoms with Crippen LogP contribution in [-0.4, -0.2) is 15.5 Å². The minimum atomic E-state index is -4.42. The molecule has 0 saturated heterocycles. The summed E-state index contributed by atoms with van der Waals surface area (Å²) in [5.74, 6) is 0.0337. The number of carbonyl (C=O) groups excluding carboxylic acids is 1. The number of benzene rings is 2. The summed E-state index contributed by atoms with van der Waals surface area (Å²) in [4.78, 5) is 12.6. The van der Waals surface area contributed by atoms with Crippen LogP contribution in [0.1, 0.15) is 16.8 Å². The Labute approximate surface area is 184 Å². The standard InChI is InChI=1S/C20H15ClF3N3O3S/c1-11-17(21)19(31-27-11)26-18(28)16(10-25-29)12-2-6-14(7-3-12)30-15-8-4-13(5-9-15)20(22,23)24/h2-10,25,29H,1H3,(H,26,28)/b16-10-. The third-order valence-corrected chi connectivity index (χ3v) is 5.48. The Morgan fingerprint density at radius 3 is 2.19 bits per heavy atom. The van der Waals surface area contributed by atoms with Gasteiger partial charge < -0.3 is 10.1 Å². The molecule has 2 aromatic carbocycles. The van der Waals surface area contributed by atoms with Gasteiger partial charge in [-0.15, -0.1) is 0 Å². The van der Waals surface area contributed by atoms with Gasteiger partial charge in [0.2, 0.25) is 0 Å². The summed E-state index contributed by atoms with van der Waals surface area (Å²) in [5.41, 5.74) is 2.18. The Morgan fingerprint density at radius 1 is 1.13 bits per heavy atom. The highest BCUT2D eigenvalue weighted by atomic mass is 35.5. The maximum absolute atomic E-state index is 12.6. The number of amides is 1. The van der Waals surface area contributed by atoms with E-state index in [0.717, 1.165) is 29.9 Å². The van der Waals surface area contributed by atoms with Gasteiger partial charge in [-0.3, -0.25) is 15.5 Å². The van der Waals surface area contributed by atoms with Crippen LogP contribution in [0.25, 0.3) is 5.57 Å². The Morgan fingerprint density at radius 2 is 1.71 bits per heavy atom. The van der Waals surface area contributed by atoms with Crippen LogP contribution < -0.4 is 15.5 Å². The number of hydrogen-bond acceptors (Lipinski definition) is 6. The van der Waals surface area contributed by atoms with Crippen molar-refractivity contribution < 1.29 is 27.9 Å². The van der Waals surface area contributed by atoms with Gasteiger partial charge in [0, 0.05) is 6.20 Å². The van der Waals surface area contributed by atoms with Crippen molar-refractivity contribution in [3.63, 3.8) is 0 Å². The van der Waals surface area contributed by atoms with Gasteiger partial charge >= 0.3 is 6.18 Å². The summed E-state index contributed by atoms with van der Waals surface area (Å²) in [6.45, 7) is 1.70. The topological polar surface area (TPSA) is 83.5 Å². The SMILES string of the molecule is Cc1nsc(NC(=O)/C(=C\NO)c2ccc(Oc3ccc(C(F)(F)F)cc3)cc2)c1Cl. The van der Waals surface area contributed by atoms with E-state index in [1.807, 2.05) is 5.48 Å². The zero-order chi connectivity index (χ0) is 22.6. The summed E-state index contributed by atoms with van der Waals surface area (Å²) in [7, 11) is 0. The van der Waals surface area contributed by atoms with E-state index in [0.29, 0.717) is 27.0 Å². The predicted octanol–water partition coefficient (Wildman–Crippen LogP) is 5.87. The van der Waals surface area contributed by atoms with Crippen LogP contribution >= 0.6 is 23.1 Å². The van der Waals surface area contributed by atoms with Crippen molar-refractivity contribution in [1.82, 2.24) is 9.85 Å². The molecule has 1 aromatic heterocycles. The quantitative estimate of drug-likeness (QED) is 0.310. The Balaban J connectivity index is 1.74. The lowest BCUT2D eigenvalue weighted by molar-refractivity contribution is -0.137. The average molecular weight is 470 g/mol. The summed E-state index contributed by atoms with van der Waals surface area (Å²) >= 11 is 7.11. The number of aromatic nitrogens is 1. The molecule has 0 radical (unpaired) electrons. The first-order valence-electron chi connectivity index (χ1n) is 8.67. The van der Waals surface area contributed by atoms with Crippen molar-refractivity contribution in [2.45, 2.75) is 13.1 Å². The molecule has 0 fully saturated rings. The third-order valence-electron chi connectivity index (χ3n) is 4.05. The summed E-state index contributed by atoms with van der Waals surface area (Å²) < 4.78 is 47.5. The number of hydroxylamine groups is 1. The molecule has 0 saturated carbocycles. The lowest BCUT2D eigenvalue weighted by Gasteiger charge is -2.11. The molecule has 0 aliphatic carbocycles. The fourth-order valence-electron chi connectivity index (χ4n) is 2.50. The van der Waals surface area contributed by atoms with E-state index in [4.69, 9.17) is 21.5 Å². The highest BCUT2D eigenvalue weighted by Gasteiger charge is 2.30. The van der Waals surface area contributed by atoms with Gasteiger partial charge in [-0.05, 0) is 60.4 Å². The first-order chi connectivity index (χ1) is 14.7. The van der Waals surface area contributed by atoms with Gasteiger partial charge in [0.15, 0.2) is 0 Å². The minimum Gasteiger partial charge on any atom is -0.457 e. The van der Waals surface area contributed by atoms with Crippen molar-refractivity contribution >= 4 is 39.6 Å². The molecule has 0 unspecified atom stereocenters. The molecule has 3 aromatic rings. The zero-order valence-corrected chi connectivity index (χ0v) is 17.4. The second kappa shape index (κ2) is 9.38. The van der Waals surface area contributed by atoms with Crippen LogP contribution in [0.4, 0.5) is 18.2 Å². The largest absolute Gasteiger partial charge is 0.457 e. The first-order valence-corrected chi connectivity index (χ1v) is 9.82. The molecule has 0 aliphatic rings. The van der Waals surface area contributed by atoms with Crippen LogP contribution in [0.2, 0.25) is 5.02 Å². The molecule has 0 atom stereocenters. The molecule has 3 N–H and O–H groups in total. The number of nitrogens with zero attached hydrogens (tertiary/aromatic N) is 1. The number of ether oxygens (including phenoxy) is 1. The molecular weight excluding hydrogens is 455 g/mol. The van der Waals surface area contributed by atoms with Gasteiger partial charge in [0.05, 0.1) is 21.9 Å². The number of halogens is 4. The minimum absolute atomic E-state index is 0.102. The number of nitrogens with one attached hydrogen (secondary N) is 2. The van der Waals surface area contributed by atoms with E-state index in [1.54, 1.807) is 19.1 Å². The summed E-state index contributed by atoms with van der Waals surface area (Å²) in [5, 5.41) is 12.4. The van der Waals surface area contributed by atoms with Crippen LogP contribution in [0.5, 0.6) is 11.5 Å². The van der Waals surface area contributed by atoms with Crippen molar-refractivity contribution in [2.75, 3.05) is 5.32 Å². The molecule has 1 amide bonds. The average Bonchev–Trinajstić information content (AvgIpc) is 3.04. The Hall–Kier alpha value is -3.08. The third kappa shape index (κ3) is 5.54. The number of anilines is 1. The van der Waals surface area contributed by atoms with E-state index >= 15 is 0 Å². The Kier molecular flexibility index (Phi) is 6.84. The monoisotopic (exact) mass is 469 g/mol. The number of rotatable bonds is 6. The van der Waals surface area contributed by atoms with E-state index in [9.17, 15) is 18.0 Å². The van der Waals surface area contributed by atoms with E-state index in [2.05, 4.69) is 9.69 Å². The second-order valence-electron chi connectivity index (χ2n) is 6.20. The molecule has 162 valence electrons. The van der Waals surface area contributed by atoms with Crippen LogP contribution in [-0.2, 0) is 11.0 Å². The Bertz CT molecular complexity index is 1100. The first kappa shape index (κ1) is 22.6. The fraction of sp³-hybridized carbons (Fsp3) is 0.100. The van der Waals surface area contributed by atoms with Gasteiger partial charge in [-0.2, -0.15) is 17.5 Å². The van der Waals surface area contributed by atoms with Gasteiger partial charge in [-0.25, -0.2) is 0 Å². The maximum atomic E-state index is 12.6. The maximum Gasteiger partial charge on any atom is 0.416 e. The van der Waals surface area contributed by atoms with E-state index < -0.39 is 17.6 Å². The molecule has 11 heteroatoms. The van der Waals surface area contributed by atoms with Crippen molar-refractivity contribution in [3.8, 4) is 11.5 Å². The number of hydrogen-bond donors (Lipinski definition) is 3. The smallest absolute Gasteiger partial charge is 0.416 e. The summed E-state index contributed by atoms with van der Waals surface area (Å²) in [6, 6.07) is 10.5. The lowest BCUT2D eigenvalue weighted by Crippen LogP contribution is -2.15. The molecule has 6 nitrogen and oxygen atoms in total.